The molecule has 0 atom stereocenters. The molecule has 1 fully saturated rings. The molecule has 1 saturated heterocycles. The molecular weight excluding hydrogens is 350 g/mol. The minimum absolute atomic E-state index is 0.0405. The van der Waals surface area contributed by atoms with Gasteiger partial charge in [0.15, 0.2) is 0 Å². The second kappa shape index (κ2) is 8.55. The summed E-state index contributed by atoms with van der Waals surface area (Å²) in [5.74, 6) is 0.904. The van der Waals surface area contributed by atoms with Gasteiger partial charge in [-0.2, -0.15) is 0 Å². The van der Waals surface area contributed by atoms with Crippen LogP contribution in [0.4, 0.5) is 16.2 Å². The number of hydrogen-bond donors (Lipinski definition) is 1. The van der Waals surface area contributed by atoms with Crippen molar-refractivity contribution in [2.75, 3.05) is 43.0 Å². The predicted octanol–water partition coefficient (Wildman–Crippen LogP) is 4.74. The van der Waals surface area contributed by atoms with Crippen molar-refractivity contribution < 1.29 is 9.53 Å². The minimum Gasteiger partial charge on any atom is -0.492 e. The Bertz CT molecular complexity index is 788. The highest BCUT2D eigenvalue weighted by atomic mass is 16.5. The summed E-state index contributed by atoms with van der Waals surface area (Å²) < 4.78 is 5.74. The number of amides is 2. The van der Waals surface area contributed by atoms with Gasteiger partial charge in [-0.25, -0.2) is 4.79 Å². The summed E-state index contributed by atoms with van der Waals surface area (Å²) in [7, 11) is 0. The Morgan fingerprint density at radius 1 is 1.00 bits per heavy atom. The molecule has 2 aromatic rings. The van der Waals surface area contributed by atoms with Gasteiger partial charge in [-0.3, -0.25) is 0 Å². The van der Waals surface area contributed by atoms with Crippen molar-refractivity contribution in [3.05, 3.63) is 54.1 Å². The second-order valence-electron chi connectivity index (χ2n) is 8.13. The number of para-hydroxylation sites is 2. The normalized spacial score (nSPS) is 14.7. The van der Waals surface area contributed by atoms with Crippen molar-refractivity contribution in [1.29, 1.82) is 0 Å². The molecular formula is C23H31N3O2. The number of urea groups is 1. The molecule has 0 saturated carbocycles. The fourth-order valence-corrected chi connectivity index (χ4v) is 3.40. The molecule has 2 aromatic carbocycles. The van der Waals surface area contributed by atoms with Crippen LogP contribution in [-0.2, 0) is 5.41 Å². The highest BCUT2D eigenvalue weighted by molar-refractivity contribution is 5.89. The van der Waals surface area contributed by atoms with E-state index < -0.39 is 0 Å². The van der Waals surface area contributed by atoms with Crippen LogP contribution >= 0.6 is 0 Å². The first-order valence-electron chi connectivity index (χ1n) is 10.0. The summed E-state index contributed by atoms with van der Waals surface area (Å²) in [5.41, 5.74) is 3.30. The van der Waals surface area contributed by atoms with Crippen molar-refractivity contribution in [1.82, 2.24) is 4.90 Å². The van der Waals surface area contributed by atoms with E-state index in [1.807, 2.05) is 42.2 Å². The van der Waals surface area contributed by atoms with Gasteiger partial charge in [0, 0.05) is 31.9 Å². The monoisotopic (exact) mass is 381 g/mol. The highest BCUT2D eigenvalue weighted by Crippen LogP contribution is 2.29. The standard InChI is InChI=1S/C23H31N3O2/c1-5-28-21-9-7-6-8-20(21)25-14-16-26(17-15-25)22(27)24-19-12-10-18(11-13-19)23(2,3)4/h6-13H,5,14-17H2,1-4H3,(H,24,27). The van der Waals surface area contributed by atoms with E-state index in [-0.39, 0.29) is 11.4 Å². The quantitative estimate of drug-likeness (QED) is 0.832. The maximum absolute atomic E-state index is 12.6. The van der Waals surface area contributed by atoms with Crippen LogP contribution in [-0.4, -0.2) is 43.7 Å². The van der Waals surface area contributed by atoms with Crippen LogP contribution in [0.25, 0.3) is 0 Å². The molecule has 1 aliphatic heterocycles. The maximum Gasteiger partial charge on any atom is 0.321 e. The number of anilines is 2. The summed E-state index contributed by atoms with van der Waals surface area (Å²) in [4.78, 5) is 16.8. The number of benzene rings is 2. The van der Waals surface area contributed by atoms with Gasteiger partial charge < -0.3 is 19.9 Å². The first-order chi connectivity index (χ1) is 13.4. The molecule has 0 aromatic heterocycles. The van der Waals surface area contributed by atoms with E-state index in [0.717, 1.165) is 30.2 Å². The predicted molar refractivity (Wildman–Crippen MR) is 116 cm³/mol. The third-order valence-electron chi connectivity index (χ3n) is 5.07. The van der Waals surface area contributed by atoms with Crippen molar-refractivity contribution in [3.8, 4) is 5.75 Å². The van der Waals surface area contributed by atoms with E-state index in [4.69, 9.17) is 4.74 Å². The Labute approximate surface area is 168 Å². The fourth-order valence-electron chi connectivity index (χ4n) is 3.40. The average molecular weight is 382 g/mol. The summed E-state index contributed by atoms with van der Waals surface area (Å²) in [5, 5.41) is 3.02. The number of carbonyl (C=O) groups excluding carboxylic acids is 1. The molecule has 3 rings (SSSR count). The van der Waals surface area contributed by atoms with Crippen LogP contribution in [0.1, 0.15) is 33.3 Å². The van der Waals surface area contributed by atoms with E-state index in [0.29, 0.717) is 19.7 Å². The van der Waals surface area contributed by atoms with Crippen LogP contribution in [0.3, 0.4) is 0 Å². The molecule has 0 bridgehead atoms. The Morgan fingerprint density at radius 2 is 1.64 bits per heavy atom. The molecule has 1 aliphatic rings. The van der Waals surface area contributed by atoms with E-state index in [1.54, 1.807) is 0 Å². The molecule has 0 aliphatic carbocycles. The molecule has 0 radical (unpaired) electrons. The van der Waals surface area contributed by atoms with Crippen molar-refractivity contribution >= 4 is 17.4 Å². The molecule has 0 spiro atoms. The summed E-state index contributed by atoms with van der Waals surface area (Å²) in [6, 6.07) is 16.2. The van der Waals surface area contributed by atoms with Crippen molar-refractivity contribution in [2.45, 2.75) is 33.1 Å². The van der Waals surface area contributed by atoms with E-state index in [1.165, 1.54) is 5.56 Å². The first kappa shape index (κ1) is 20.1. The van der Waals surface area contributed by atoms with Crippen LogP contribution in [0.2, 0.25) is 0 Å². The number of ether oxygens (including phenoxy) is 1. The number of carbonyl (C=O) groups is 1. The van der Waals surface area contributed by atoms with Crippen LogP contribution in [0.5, 0.6) is 5.75 Å². The zero-order chi connectivity index (χ0) is 20.1. The topological polar surface area (TPSA) is 44.8 Å². The molecule has 1 N–H and O–H groups in total. The third-order valence-corrected chi connectivity index (χ3v) is 5.07. The zero-order valence-corrected chi connectivity index (χ0v) is 17.4. The van der Waals surface area contributed by atoms with Gasteiger partial charge in [0.05, 0.1) is 12.3 Å². The van der Waals surface area contributed by atoms with Gasteiger partial charge in [-0.15, -0.1) is 0 Å². The number of hydrogen-bond acceptors (Lipinski definition) is 3. The summed E-state index contributed by atoms with van der Waals surface area (Å²) in [6.45, 7) is 12.2. The third kappa shape index (κ3) is 4.77. The van der Waals surface area contributed by atoms with Gasteiger partial charge in [0.2, 0.25) is 0 Å². The molecule has 1 heterocycles. The minimum atomic E-state index is -0.0405. The molecule has 28 heavy (non-hydrogen) atoms. The van der Waals surface area contributed by atoms with Crippen LogP contribution in [0, 0.1) is 0 Å². The van der Waals surface area contributed by atoms with Gasteiger partial charge in [-0.05, 0) is 42.2 Å². The lowest BCUT2D eigenvalue weighted by atomic mass is 9.87. The molecule has 2 amide bonds. The van der Waals surface area contributed by atoms with E-state index >= 15 is 0 Å². The number of nitrogens with zero attached hydrogens (tertiary/aromatic N) is 2. The smallest absolute Gasteiger partial charge is 0.321 e. The van der Waals surface area contributed by atoms with Gasteiger partial charge in [0.1, 0.15) is 5.75 Å². The Balaban J connectivity index is 1.57. The maximum atomic E-state index is 12.6. The fraction of sp³-hybridized carbons (Fsp3) is 0.435. The van der Waals surface area contributed by atoms with Gasteiger partial charge >= 0.3 is 6.03 Å². The lowest BCUT2D eigenvalue weighted by molar-refractivity contribution is 0.208. The molecule has 0 unspecified atom stereocenters. The second-order valence-corrected chi connectivity index (χ2v) is 8.13. The van der Waals surface area contributed by atoms with Crippen molar-refractivity contribution in [2.24, 2.45) is 0 Å². The highest BCUT2D eigenvalue weighted by Gasteiger charge is 2.23. The summed E-state index contributed by atoms with van der Waals surface area (Å²) >= 11 is 0. The summed E-state index contributed by atoms with van der Waals surface area (Å²) in [6.07, 6.45) is 0. The number of nitrogens with one attached hydrogen (secondary N) is 1. The number of piperazine rings is 1. The lowest BCUT2D eigenvalue weighted by Gasteiger charge is -2.36. The molecule has 5 nitrogen and oxygen atoms in total. The Hall–Kier alpha value is -2.69. The van der Waals surface area contributed by atoms with E-state index in [2.05, 4.69) is 49.2 Å². The van der Waals surface area contributed by atoms with Crippen LogP contribution in [0.15, 0.2) is 48.5 Å². The SMILES string of the molecule is CCOc1ccccc1N1CCN(C(=O)Nc2ccc(C(C)(C)C)cc2)CC1. The largest absolute Gasteiger partial charge is 0.492 e. The van der Waals surface area contributed by atoms with E-state index in [9.17, 15) is 4.79 Å². The van der Waals surface area contributed by atoms with Crippen molar-refractivity contribution in [3.63, 3.8) is 0 Å². The molecule has 5 heteroatoms. The van der Waals surface area contributed by atoms with Gasteiger partial charge in [0.25, 0.3) is 0 Å². The Kier molecular flexibility index (Phi) is 6.12. The first-order valence-corrected chi connectivity index (χ1v) is 10.0. The average Bonchev–Trinajstić information content (AvgIpc) is 2.68. The Morgan fingerprint density at radius 3 is 2.25 bits per heavy atom. The zero-order valence-electron chi connectivity index (χ0n) is 17.4. The van der Waals surface area contributed by atoms with Crippen LogP contribution < -0.4 is 15.0 Å². The molecule has 150 valence electrons. The lowest BCUT2D eigenvalue weighted by Crippen LogP contribution is -2.50. The van der Waals surface area contributed by atoms with Gasteiger partial charge in [-0.1, -0.05) is 45.0 Å². The number of rotatable bonds is 4.